The summed E-state index contributed by atoms with van der Waals surface area (Å²) in [7, 11) is 1.31. The van der Waals surface area contributed by atoms with E-state index in [1.165, 1.54) is 19.2 Å². The van der Waals surface area contributed by atoms with Crippen LogP contribution in [0, 0.1) is 17.5 Å². The Morgan fingerprint density at radius 3 is 2.37 bits per heavy atom. The molecule has 6 heteroatoms. The summed E-state index contributed by atoms with van der Waals surface area (Å²) >= 11 is 0. The minimum atomic E-state index is -0.949. The van der Waals surface area contributed by atoms with E-state index in [9.17, 15) is 13.2 Å². The molecular formula is C21H23F3O3. The van der Waals surface area contributed by atoms with Gasteiger partial charge in [-0.05, 0) is 54.9 Å². The van der Waals surface area contributed by atoms with Crippen LogP contribution >= 0.6 is 0 Å². The molecule has 0 radical (unpaired) electrons. The monoisotopic (exact) mass is 380 g/mol. The van der Waals surface area contributed by atoms with Gasteiger partial charge in [-0.3, -0.25) is 0 Å². The fourth-order valence-corrected chi connectivity index (χ4v) is 3.57. The molecule has 0 saturated heterocycles. The van der Waals surface area contributed by atoms with E-state index in [1.54, 1.807) is 18.2 Å². The first-order chi connectivity index (χ1) is 13.0. The Morgan fingerprint density at radius 2 is 1.74 bits per heavy atom. The lowest BCUT2D eigenvalue weighted by atomic mass is 9.82. The van der Waals surface area contributed by atoms with Crippen molar-refractivity contribution in [2.75, 3.05) is 7.11 Å². The lowest BCUT2D eigenvalue weighted by Gasteiger charge is -2.29. The smallest absolute Gasteiger partial charge is 0.200 e. The van der Waals surface area contributed by atoms with Crippen molar-refractivity contribution in [3.05, 3.63) is 64.5 Å². The van der Waals surface area contributed by atoms with Crippen LogP contribution in [0.1, 0.15) is 48.3 Å². The molecule has 0 aliphatic heterocycles. The number of rotatable bonds is 6. The Balaban J connectivity index is 1.56. The average Bonchev–Trinajstić information content (AvgIpc) is 2.69. The van der Waals surface area contributed by atoms with Gasteiger partial charge in [0.1, 0.15) is 5.82 Å². The zero-order valence-electron chi connectivity index (χ0n) is 15.2. The van der Waals surface area contributed by atoms with E-state index in [2.05, 4.69) is 0 Å². The van der Waals surface area contributed by atoms with Crippen LogP contribution in [0.2, 0.25) is 0 Å². The standard InChI is InChI=1S/C21H23F3O3/c1-26-19-9-8-17(20(23)21(19)24)14-4-6-16(7-5-14)27-12-15-3-2-13(11-25)10-18(15)22/h2-3,8-10,14,16,25H,4-7,11-12H2,1H3. The molecule has 0 amide bonds. The van der Waals surface area contributed by atoms with Crippen LogP contribution in [0.4, 0.5) is 13.2 Å². The summed E-state index contributed by atoms with van der Waals surface area (Å²) in [5.41, 5.74) is 1.33. The summed E-state index contributed by atoms with van der Waals surface area (Å²) < 4.78 is 52.7. The average molecular weight is 380 g/mol. The van der Waals surface area contributed by atoms with Crippen molar-refractivity contribution < 1.29 is 27.8 Å². The lowest BCUT2D eigenvalue weighted by Crippen LogP contribution is -2.21. The van der Waals surface area contributed by atoms with Crippen molar-refractivity contribution in [1.82, 2.24) is 0 Å². The molecule has 3 rings (SSSR count). The van der Waals surface area contributed by atoms with Crippen molar-refractivity contribution in [2.24, 2.45) is 0 Å². The van der Waals surface area contributed by atoms with Gasteiger partial charge in [-0.15, -0.1) is 0 Å². The first-order valence-electron chi connectivity index (χ1n) is 9.05. The molecular weight excluding hydrogens is 357 g/mol. The fourth-order valence-electron chi connectivity index (χ4n) is 3.57. The molecule has 0 bridgehead atoms. The first-order valence-corrected chi connectivity index (χ1v) is 9.05. The molecule has 3 nitrogen and oxygen atoms in total. The van der Waals surface area contributed by atoms with Crippen molar-refractivity contribution >= 4 is 0 Å². The Labute approximate surface area is 156 Å². The highest BCUT2D eigenvalue weighted by Crippen LogP contribution is 2.37. The van der Waals surface area contributed by atoms with E-state index in [1.807, 2.05) is 0 Å². The molecule has 1 N–H and O–H groups in total. The molecule has 27 heavy (non-hydrogen) atoms. The maximum absolute atomic E-state index is 14.3. The van der Waals surface area contributed by atoms with Crippen molar-refractivity contribution in [1.29, 1.82) is 0 Å². The zero-order valence-corrected chi connectivity index (χ0v) is 15.2. The molecule has 2 aromatic carbocycles. The van der Waals surface area contributed by atoms with E-state index in [4.69, 9.17) is 14.6 Å². The molecule has 1 fully saturated rings. The van der Waals surface area contributed by atoms with Crippen LogP contribution < -0.4 is 4.74 Å². The SMILES string of the molecule is COc1ccc(C2CCC(OCc3ccc(CO)cc3F)CC2)c(F)c1F. The second-order valence-electron chi connectivity index (χ2n) is 6.85. The van der Waals surface area contributed by atoms with Crippen molar-refractivity contribution in [3.8, 4) is 5.75 Å². The minimum Gasteiger partial charge on any atom is -0.494 e. The summed E-state index contributed by atoms with van der Waals surface area (Å²) in [5.74, 6) is -2.35. The van der Waals surface area contributed by atoms with Crippen molar-refractivity contribution in [3.63, 3.8) is 0 Å². The fraction of sp³-hybridized carbons (Fsp3) is 0.429. The van der Waals surface area contributed by atoms with E-state index in [0.717, 1.165) is 0 Å². The number of benzene rings is 2. The maximum atomic E-state index is 14.3. The summed E-state index contributed by atoms with van der Waals surface area (Å²) in [6.45, 7) is -0.0526. The third kappa shape index (κ3) is 4.45. The maximum Gasteiger partial charge on any atom is 0.200 e. The van der Waals surface area contributed by atoms with Crippen LogP contribution in [0.25, 0.3) is 0 Å². The highest BCUT2D eigenvalue weighted by molar-refractivity contribution is 5.33. The second kappa shape index (κ2) is 8.76. The molecule has 0 atom stereocenters. The number of hydrogen-bond donors (Lipinski definition) is 1. The normalized spacial score (nSPS) is 19.9. The Morgan fingerprint density at radius 1 is 1.00 bits per heavy atom. The zero-order chi connectivity index (χ0) is 19.4. The number of hydrogen-bond acceptors (Lipinski definition) is 3. The van der Waals surface area contributed by atoms with Gasteiger partial charge in [-0.1, -0.05) is 18.2 Å². The molecule has 2 aromatic rings. The molecule has 0 heterocycles. The summed E-state index contributed by atoms with van der Waals surface area (Å²) in [6.07, 6.45) is 2.73. The third-order valence-corrected chi connectivity index (χ3v) is 5.19. The molecule has 1 saturated carbocycles. The molecule has 0 aromatic heterocycles. The number of ether oxygens (including phenoxy) is 2. The number of methoxy groups -OCH3 is 1. The van der Waals surface area contributed by atoms with E-state index in [0.29, 0.717) is 42.4 Å². The van der Waals surface area contributed by atoms with Gasteiger partial charge in [-0.25, -0.2) is 8.78 Å². The lowest BCUT2D eigenvalue weighted by molar-refractivity contribution is 0.0118. The predicted molar refractivity (Wildman–Crippen MR) is 95.0 cm³/mol. The van der Waals surface area contributed by atoms with Gasteiger partial charge in [-0.2, -0.15) is 4.39 Å². The van der Waals surface area contributed by atoms with Crippen LogP contribution in [0.5, 0.6) is 5.75 Å². The van der Waals surface area contributed by atoms with E-state index < -0.39 is 17.5 Å². The van der Waals surface area contributed by atoms with Gasteiger partial charge in [0.25, 0.3) is 0 Å². The van der Waals surface area contributed by atoms with Gasteiger partial charge in [0, 0.05) is 5.56 Å². The van der Waals surface area contributed by atoms with Crippen LogP contribution in [-0.4, -0.2) is 18.3 Å². The molecule has 146 valence electrons. The van der Waals surface area contributed by atoms with E-state index in [-0.39, 0.29) is 31.0 Å². The Kier molecular flexibility index (Phi) is 6.39. The molecule has 0 unspecified atom stereocenters. The summed E-state index contributed by atoms with van der Waals surface area (Å²) in [6, 6.07) is 7.62. The van der Waals surface area contributed by atoms with Crippen molar-refractivity contribution in [2.45, 2.75) is 50.9 Å². The van der Waals surface area contributed by atoms with E-state index >= 15 is 0 Å². The van der Waals surface area contributed by atoms with Crippen LogP contribution in [-0.2, 0) is 18.0 Å². The summed E-state index contributed by atoms with van der Waals surface area (Å²) in [5, 5.41) is 9.02. The molecule has 0 spiro atoms. The van der Waals surface area contributed by atoms with Gasteiger partial charge >= 0.3 is 0 Å². The predicted octanol–water partition coefficient (Wildman–Crippen LogP) is 4.85. The van der Waals surface area contributed by atoms with Gasteiger partial charge in [0.05, 0.1) is 26.4 Å². The molecule has 1 aliphatic carbocycles. The largest absolute Gasteiger partial charge is 0.494 e. The molecule has 1 aliphatic rings. The highest BCUT2D eigenvalue weighted by atomic mass is 19.2. The minimum absolute atomic E-state index is 0.0377. The van der Waals surface area contributed by atoms with Crippen LogP contribution in [0.3, 0.4) is 0 Å². The third-order valence-electron chi connectivity index (χ3n) is 5.19. The number of aliphatic hydroxyl groups excluding tert-OH is 1. The summed E-state index contributed by atoms with van der Waals surface area (Å²) in [4.78, 5) is 0. The van der Waals surface area contributed by atoms with Crippen LogP contribution in [0.15, 0.2) is 30.3 Å². The second-order valence-corrected chi connectivity index (χ2v) is 6.85. The Hall–Kier alpha value is -2.05. The topological polar surface area (TPSA) is 38.7 Å². The number of aliphatic hydroxyl groups is 1. The first kappa shape index (κ1) is 19.7. The quantitative estimate of drug-likeness (QED) is 0.779. The van der Waals surface area contributed by atoms with Gasteiger partial charge in [0.15, 0.2) is 11.6 Å². The number of halogens is 3. The van der Waals surface area contributed by atoms with Gasteiger partial charge < -0.3 is 14.6 Å². The van der Waals surface area contributed by atoms with Gasteiger partial charge in [0.2, 0.25) is 5.82 Å². The highest BCUT2D eigenvalue weighted by Gasteiger charge is 2.27. The Bertz CT molecular complexity index is 786.